The Morgan fingerprint density at radius 3 is 2.67 bits per heavy atom. The van der Waals surface area contributed by atoms with Crippen LogP contribution in [0.3, 0.4) is 0 Å². The zero-order valence-corrected chi connectivity index (χ0v) is 11.2. The van der Waals surface area contributed by atoms with Gasteiger partial charge in [0.2, 0.25) is 0 Å². The molecule has 1 rings (SSSR count). The van der Waals surface area contributed by atoms with Crippen molar-refractivity contribution in [2.75, 3.05) is 20.3 Å². The average Bonchev–Trinajstić information content (AvgIpc) is 2.36. The molecule has 0 radical (unpaired) electrons. The van der Waals surface area contributed by atoms with Gasteiger partial charge in [0.25, 0.3) is 0 Å². The van der Waals surface area contributed by atoms with Crippen LogP contribution < -0.4 is 10.5 Å². The molecule has 0 aromatic heterocycles. The van der Waals surface area contributed by atoms with Gasteiger partial charge >= 0.3 is 5.97 Å². The SMILES string of the molecule is CCOC(=O)C(CN)Cc1ccc(OC)c(C)c1. The van der Waals surface area contributed by atoms with E-state index in [4.69, 9.17) is 15.2 Å². The first-order valence-corrected chi connectivity index (χ1v) is 6.12. The summed E-state index contributed by atoms with van der Waals surface area (Å²) in [6, 6.07) is 5.87. The topological polar surface area (TPSA) is 61.5 Å². The van der Waals surface area contributed by atoms with Gasteiger partial charge in [0.1, 0.15) is 5.75 Å². The molecule has 0 amide bonds. The van der Waals surface area contributed by atoms with E-state index in [0.29, 0.717) is 19.6 Å². The molecule has 1 atom stereocenters. The van der Waals surface area contributed by atoms with Gasteiger partial charge in [0, 0.05) is 6.54 Å². The van der Waals surface area contributed by atoms with Gasteiger partial charge in [-0.1, -0.05) is 12.1 Å². The molecule has 0 heterocycles. The number of benzene rings is 1. The summed E-state index contributed by atoms with van der Waals surface area (Å²) in [5.74, 6) is 0.338. The van der Waals surface area contributed by atoms with Crippen LogP contribution in [0.2, 0.25) is 0 Å². The minimum absolute atomic E-state index is 0.228. The lowest BCUT2D eigenvalue weighted by molar-refractivity contribution is -0.147. The van der Waals surface area contributed by atoms with Gasteiger partial charge in [0.15, 0.2) is 0 Å². The van der Waals surface area contributed by atoms with Crippen LogP contribution in [0, 0.1) is 12.8 Å². The van der Waals surface area contributed by atoms with E-state index in [1.807, 2.05) is 25.1 Å². The van der Waals surface area contributed by atoms with Crippen molar-refractivity contribution in [1.29, 1.82) is 0 Å². The summed E-state index contributed by atoms with van der Waals surface area (Å²) >= 11 is 0. The molecule has 18 heavy (non-hydrogen) atoms. The van der Waals surface area contributed by atoms with Crippen molar-refractivity contribution in [2.24, 2.45) is 11.7 Å². The van der Waals surface area contributed by atoms with Crippen molar-refractivity contribution >= 4 is 5.97 Å². The normalized spacial score (nSPS) is 12.0. The van der Waals surface area contributed by atoms with E-state index in [1.165, 1.54) is 0 Å². The number of aryl methyl sites for hydroxylation is 1. The largest absolute Gasteiger partial charge is 0.496 e. The van der Waals surface area contributed by atoms with Crippen LogP contribution in [0.1, 0.15) is 18.1 Å². The van der Waals surface area contributed by atoms with Crippen molar-refractivity contribution in [3.8, 4) is 5.75 Å². The summed E-state index contributed by atoms with van der Waals surface area (Å²) in [4.78, 5) is 11.7. The van der Waals surface area contributed by atoms with E-state index < -0.39 is 0 Å². The maximum atomic E-state index is 11.7. The summed E-state index contributed by atoms with van der Waals surface area (Å²) in [6.07, 6.45) is 0.597. The highest BCUT2D eigenvalue weighted by atomic mass is 16.5. The van der Waals surface area contributed by atoms with Crippen molar-refractivity contribution in [2.45, 2.75) is 20.3 Å². The summed E-state index contributed by atoms with van der Waals surface area (Å²) in [5.41, 5.74) is 7.74. The van der Waals surface area contributed by atoms with E-state index in [9.17, 15) is 4.79 Å². The average molecular weight is 251 g/mol. The Labute approximate surface area is 108 Å². The molecule has 0 saturated heterocycles. The highest BCUT2D eigenvalue weighted by molar-refractivity contribution is 5.73. The maximum absolute atomic E-state index is 11.7. The Hall–Kier alpha value is -1.55. The van der Waals surface area contributed by atoms with Gasteiger partial charge in [-0.25, -0.2) is 0 Å². The molecule has 1 aromatic rings. The van der Waals surface area contributed by atoms with Crippen molar-refractivity contribution in [3.63, 3.8) is 0 Å². The second-order valence-corrected chi connectivity index (χ2v) is 4.19. The third-order valence-corrected chi connectivity index (χ3v) is 2.85. The van der Waals surface area contributed by atoms with E-state index in [0.717, 1.165) is 16.9 Å². The summed E-state index contributed by atoms with van der Waals surface area (Å²) in [5, 5.41) is 0. The molecule has 100 valence electrons. The van der Waals surface area contributed by atoms with E-state index >= 15 is 0 Å². The van der Waals surface area contributed by atoms with E-state index in [1.54, 1.807) is 14.0 Å². The molecule has 4 heteroatoms. The summed E-state index contributed by atoms with van der Waals surface area (Å²) < 4.78 is 10.2. The van der Waals surface area contributed by atoms with Crippen molar-refractivity contribution in [3.05, 3.63) is 29.3 Å². The molecule has 4 nitrogen and oxygen atoms in total. The number of hydrogen-bond donors (Lipinski definition) is 1. The lowest BCUT2D eigenvalue weighted by atomic mass is 9.98. The molecule has 0 aliphatic rings. The van der Waals surface area contributed by atoms with E-state index in [2.05, 4.69) is 0 Å². The zero-order chi connectivity index (χ0) is 13.5. The van der Waals surface area contributed by atoms with Crippen LogP contribution in [0.5, 0.6) is 5.75 Å². The Kier molecular flexibility index (Phi) is 5.65. The Morgan fingerprint density at radius 2 is 2.17 bits per heavy atom. The number of rotatable bonds is 6. The minimum Gasteiger partial charge on any atom is -0.496 e. The van der Waals surface area contributed by atoms with Crippen molar-refractivity contribution < 1.29 is 14.3 Å². The lowest BCUT2D eigenvalue weighted by Gasteiger charge is -2.14. The van der Waals surface area contributed by atoms with Crippen molar-refractivity contribution in [1.82, 2.24) is 0 Å². The highest BCUT2D eigenvalue weighted by Crippen LogP contribution is 2.20. The van der Waals surface area contributed by atoms with Gasteiger partial charge < -0.3 is 15.2 Å². The number of carbonyl (C=O) groups is 1. The number of methoxy groups -OCH3 is 1. The van der Waals surface area contributed by atoms with Gasteiger partial charge in [0.05, 0.1) is 19.6 Å². The third-order valence-electron chi connectivity index (χ3n) is 2.85. The molecular weight excluding hydrogens is 230 g/mol. The van der Waals surface area contributed by atoms with Crippen LogP contribution in [0.15, 0.2) is 18.2 Å². The van der Waals surface area contributed by atoms with Crippen LogP contribution in [0.25, 0.3) is 0 Å². The van der Waals surface area contributed by atoms with E-state index in [-0.39, 0.29) is 11.9 Å². The molecule has 0 aliphatic carbocycles. The third kappa shape index (κ3) is 3.74. The van der Waals surface area contributed by atoms with Gasteiger partial charge in [-0.3, -0.25) is 4.79 Å². The molecule has 0 aliphatic heterocycles. The Bertz CT molecular complexity index is 404. The zero-order valence-electron chi connectivity index (χ0n) is 11.2. The van der Waals surface area contributed by atoms with Crippen LogP contribution in [-0.4, -0.2) is 26.2 Å². The predicted octanol–water partition coefficient (Wildman–Crippen LogP) is 1.68. The fraction of sp³-hybridized carbons (Fsp3) is 0.500. The Morgan fingerprint density at radius 1 is 1.44 bits per heavy atom. The molecule has 0 bridgehead atoms. The number of ether oxygens (including phenoxy) is 2. The molecule has 1 aromatic carbocycles. The molecule has 2 N–H and O–H groups in total. The molecule has 0 spiro atoms. The van der Waals surface area contributed by atoms with Crippen LogP contribution in [0.4, 0.5) is 0 Å². The van der Waals surface area contributed by atoms with Crippen LogP contribution in [-0.2, 0) is 16.0 Å². The van der Waals surface area contributed by atoms with Gasteiger partial charge in [-0.05, 0) is 37.5 Å². The fourth-order valence-electron chi connectivity index (χ4n) is 1.88. The monoisotopic (exact) mass is 251 g/mol. The van der Waals surface area contributed by atoms with Gasteiger partial charge in [-0.15, -0.1) is 0 Å². The first-order valence-electron chi connectivity index (χ1n) is 6.12. The number of carbonyl (C=O) groups excluding carboxylic acids is 1. The number of esters is 1. The first kappa shape index (κ1) is 14.5. The standard InChI is InChI=1S/C14H21NO3/c1-4-18-14(16)12(9-15)8-11-5-6-13(17-3)10(2)7-11/h5-7,12H,4,8-9,15H2,1-3H3. The van der Waals surface area contributed by atoms with Crippen LogP contribution >= 0.6 is 0 Å². The number of nitrogens with two attached hydrogens (primary N) is 1. The quantitative estimate of drug-likeness (QED) is 0.781. The highest BCUT2D eigenvalue weighted by Gasteiger charge is 2.18. The second-order valence-electron chi connectivity index (χ2n) is 4.19. The first-order chi connectivity index (χ1) is 8.62. The molecule has 0 saturated carbocycles. The molecule has 1 unspecified atom stereocenters. The maximum Gasteiger partial charge on any atom is 0.310 e. The Balaban J connectivity index is 2.76. The smallest absolute Gasteiger partial charge is 0.310 e. The second kappa shape index (κ2) is 7.01. The summed E-state index contributed by atoms with van der Waals surface area (Å²) in [6.45, 7) is 4.45. The number of hydrogen-bond acceptors (Lipinski definition) is 4. The minimum atomic E-state index is -0.280. The fourth-order valence-corrected chi connectivity index (χ4v) is 1.88. The summed E-state index contributed by atoms with van der Waals surface area (Å²) in [7, 11) is 1.64. The lowest BCUT2D eigenvalue weighted by Crippen LogP contribution is -2.27. The molecular formula is C14H21NO3. The van der Waals surface area contributed by atoms with Gasteiger partial charge in [-0.2, -0.15) is 0 Å². The predicted molar refractivity (Wildman–Crippen MR) is 70.6 cm³/mol. The molecule has 0 fully saturated rings.